The van der Waals surface area contributed by atoms with Crippen LogP contribution in [0, 0.1) is 0 Å². The van der Waals surface area contributed by atoms with Gasteiger partial charge in [0.1, 0.15) is 0 Å². The number of benzene rings is 1. The maximum atomic E-state index is 12.2. The fourth-order valence-electron chi connectivity index (χ4n) is 2.55. The van der Waals surface area contributed by atoms with Gasteiger partial charge in [0, 0.05) is 13.1 Å². The van der Waals surface area contributed by atoms with Crippen LogP contribution < -0.4 is 0 Å². The molecule has 2 aliphatic heterocycles. The number of nitrogens with zero attached hydrogens (tertiary/aromatic N) is 2. The van der Waals surface area contributed by atoms with E-state index in [0.29, 0.717) is 30.9 Å². The molecule has 5 heteroatoms. The van der Waals surface area contributed by atoms with Crippen molar-refractivity contribution in [2.24, 2.45) is 0 Å². The highest BCUT2D eigenvalue weighted by Gasteiger charge is 2.37. The van der Waals surface area contributed by atoms with Crippen LogP contribution in [0.4, 0.5) is 0 Å². The Morgan fingerprint density at radius 1 is 1.21 bits per heavy atom. The Bertz CT molecular complexity index is 494. The average Bonchev–Trinajstić information content (AvgIpc) is 2.67. The van der Waals surface area contributed by atoms with E-state index in [9.17, 15) is 9.59 Å². The molecule has 2 heterocycles. The van der Waals surface area contributed by atoms with Gasteiger partial charge in [-0.15, -0.1) is 0 Å². The van der Waals surface area contributed by atoms with Crippen LogP contribution in [-0.4, -0.2) is 61.0 Å². The van der Waals surface area contributed by atoms with Gasteiger partial charge in [-0.3, -0.25) is 19.4 Å². The Morgan fingerprint density at radius 3 is 2.42 bits per heavy atom. The van der Waals surface area contributed by atoms with Crippen LogP contribution in [-0.2, 0) is 4.74 Å². The molecule has 100 valence electrons. The first-order valence-corrected chi connectivity index (χ1v) is 6.41. The van der Waals surface area contributed by atoms with Crippen LogP contribution in [0.25, 0.3) is 0 Å². The van der Waals surface area contributed by atoms with Crippen molar-refractivity contribution in [3.05, 3.63) is 35.4 Å². The lowest BCUT2D eigenvalue weighted by Crippen LogP contribution is -2.50. The molecule has 0 bridgehead atoms. The van der Waals surface area contributed by atoms with Gasteiger partial charge in [0.2, 0.25) is 0 Å². The number of ether oxygens (including phenoxy) is 1. The molecule has 19 heavy (non-hydrogen) atoms. The van der Waals surface area contributed by atoms with Crippen molar-refractivity contribution in [2.75, 3.05) is 33.4 Å². The largest absolute Gasteiger partial charge is 0.378 e. The molecule has 1 saturated heterocycles. The molecule has 0 saturated carbocycles. The highest BCUT2D eigenvalue weighted by molar-refractivity contribution is 6.21. The van der Waals surface area contributed by atoms with Crippen LogP contribution in [0.3, 0.4) is 0 Å². The lowest BCUT2D eigenvalue weighted by atomic mass is 10.1. The topological polar surface area (TPSA) is 49.9 Å². The van der Waals surface area contributed by atoms with Gasteiger partial charge in [-0.25, -0.2) is 0 Å². The minimum absolute atomic E-state index is 0.0796. The normalized spacial score (nSPS) is 23.8. The fraction of sp³-hybridized carbons (Fsp3) is 0.429. The summed E-state index contributed by atoms with van der Waals surface area (Å²) in [6, 6.07) is 7.05. The van der Waals surface area contributed by atoms with Crippen molar-refractivity contribution in [1.29, 1.82) is 0 Å². The van der Waals surface area contributed by atoms with E-state index in [1.807, 2.05) is 7.05 Å². The molecule has 0 spiro atoms. The number of morpholine rings is 1. The van der Waals surface area contributed by atoms with Crippen molar-refractivity contribution in [1.82, 2.24) is 9.80 Å². The summed E-state index contributed by atoms with van der Waals surface area (Å²) >= 11 is 0. The van der Waals surface area contributed by atoms with E-state index in [-0.39, 0.29) is 17.9 Å². The van der Waals surface area contributed by atoms with Gasteiger partial charge in [-0.05, 0) is 19.2 Å². The number of rotatable bonds is 2. The second-order valence-electron chi connectivity index (χ2n) is 4.98. The number of carbonyl (C=O) groups is 2. The highest BCUT2D eigenvalue weighted by Crippen LogP contribution is 2.23. The molecule has 2 amide bonds. The SMILES string of the molecule is CN1CCOC[C@@H]1CN1C(=O)c2ccccc2C1=O. The Labute approximate surface area is 111 Å². The number of likely N-dealkylation sites (N-methyl/N-ethyl adjacent to an activating group) is 1. The van der Waals surface area contributed by atoms with Crippen LogP contribution in [0.5, 0.6) is 0 Å². The Hall–Kier alpha value is -1.72. The summed E-state index contributed by atoms with van der Waals surface area (Å²) in [6.45, 7) is 2.48. The van der Waals surface area contributed by atoms with Gasteiger partial charge in [-0.2, -0.15) is 0 Å². The molecule has 1 fully saturated rings. The minimum atomic E-state index is -0.195. The van der Waals surface area contributed by atoms with Gasteiger partial charge in [0.05, 0.1) is 30.4 Å². The van der Waals surface area contributed by atoms with E-state index in [1.165, 1.54) is 4.90 Å². The van der Waals surface area contributed by atoms with E-state index in [4.69, 9.17) is 4.74 Å². The summed E-state index contributed by atoms with van der Waals surface area (Å²) in [6.07, 6.45) is 0. The summed E-state index contributed by atoms with van der Waals surface area (Å²) in [7, 11) is 1.99. The molecule has 0 N–H and O–H groups in total. The summed E-state index contributed by atoms with van der Waals surface area (Å²) in [5.41, 5.74) is 1.01. The molecule has 0 aromatic heterocycles. The van der Waals surface area contributed by atoms with E-state index < -0.39 is 0 Å². The Morgan fingerprint density at radius 2 is 1.84 bits per heavy atom. The van der Waals surface area contributed by atoms with Crippen LogP contribution in [0.2, 0.25) is 0 Å². The predicted molar refractivity (Wildman–Crippen MR) is 69.0 cm³/mol. The summed E-state index contributed by atoms with van der Waals surface area (Å²) < 4.78 is 5.42. The van der Waals surface area contributed by atoms with Gasteiger partial charge in [0.25, 0.3) is 11.8 Å². The zero-order chi connectivity index (χ0) is 13.4. The molecule has 1 aromatic carbocycles. The van der Waals surface area contributed by atoms with Crippen molar-refractivity contribution in [3.8, 4) is 0 Å². The lowest BCUT2D eigenvalue weighted by molar-refractivity contribution is -0.00384. The second-order valence-corrected chi connectivity index (χ2v) is 4.98. The third kappa shape index (κ3) is 2.05. The molecule has 5 nitrogen and oxygen atoms in total. The second kappa shape index (κ2) is 4.75. The van der Waals surface area contributed by atoms with Gasteiger partial charge in [-0.1, -0.05) is 12.1 Å². The molecule has 0 radical (unpaired) electrons. The Balaban J connectivity index is 1.80. The maximum absolute atomic E-state index is 12.2. The third-order valence-corrected chi connectivity index (χ3v) is 3.79. The first kappa shape index (κ1) is 12.3. The quantitative estimate of drug-likeness (QED) is 0.731. The van der Waals surface area contributed by atoms with Crippen molar-refractivity contribution in [3.63, 3.8) is 0 Å². The van der Waals surface area contributed by atoms with Crippen molar-refractivity contribution in [2.45, 2.75) is 6.04 Å². The van der Waals surface area contributed by atoms with Gasteiger partial charge < -0.3 is 4.74 Å². The minimum Gasteiger partial charge on any atom is -0.378 e. The maximum Gasteiger partial charge on any atom is 0.261 e. The number of imide groups is 1. The number of carbonyl (C=O) groups excluding carboxylic acids is 2. The van der Waals surface area contributed by atoms with Crippen molar-refractivity contribution < 1.29 is 14.3 Å². The first-order valence-electron chi connectivity index (χ1n) is 6.41. The summed E-state index contributed by atoms with van der Waals surface area (Å²) in [5.74, 6) is -0.390. The standard InChI is InChI=1S/C14H16N2O3/c1-15-6-7-19-9-10(15)8-16-13(17)11-4-2-3-5-12(11)14(16)18/h2-5,10H,6-9H2,1H3/t10-/m0/s1. The van der Waals surface area contributed by atoms with Gasteiger partial charge in [0.15, 0.2) is 0 Å². The Kier molecular flexibility index (Phi) is 3.08. The van der Waals surface area contributed by atoms with E-state index in [1.54, 1.807) is 24.3 Å². The molecule has 0 unspecified atom stereocenters. The molecule has 3 rings (SSSR count). The molecule has 1 atom stereocenters. The van der Waals surface area contributed by atoms with E-state index in [2.05, 4.69) is 4.90 Å². The summed E-state index contributed by atoms with van der Waals surface area (Å²) in [5, 5.41) is 0. The smallest absolute Gasteiger partial charge is 0.261 e. The van der Waals surface area contributed by atoms with E-state index >= 15 is 0 Å². The monoisotopic (exact) mass is 260 g/mol. The number of hydrogen-bond acceptors (Lipinski definition) is 4. The predicted octanol–water partition coefficient (Wildman–Crippen LogP) is 0.613. The number of fused-ring (bicyclic) bond motifs is 1. The number of amides is 2. The average molecular weight is 260 g/mol. The zero-order valence-electron chi connectivity index (χ0n) is 10.8. The molecule has 2 aliphatic rings. The fourth-order valence-corrected chi connectivity index (χ4v) is 2.55. The molecule has 1 aromatic rings. The summed E-state index contributed by atoms with van der Waals surface area (Å²) in [4.78, 5) is 27.9. The number of hydrogen-bond donors (Lipinski definition) is 0. The highest BCUT2D eigenvalue weighted by atomic mass is 16.5. The van der Waals surface area contributed by atoms with Gasteiger partial charge >= 0.3 is 0 Å². The van der Waals surface area contributed by atoms with Crippen molar-refractivity contribution >= 4 is 11.8 Å². The van der Waals surface area contributed by atoms with E-state index in [0.717, 1.165) is 6.54 Å². The molecular formula is C14H16N2O3. The van der Waals surface area contributed by atoms with Crippen LogP contribution >= 0.6 is 0 Å². The lowest BCUT2D eigenvalue weighted by Gasteiger charge is -2.34. The zero-order valence-corrected chi connectivity index (χ0v) is 10.8. The van der Waals surface area contributed by atoms with Crippen LogP contribution in [0.15, 0.2) is 24.3 Å². The first-order chi connectivity index (χ1) is 9.18. The molecular weight excluding hydrogens is 244 g/mol. The molecule has 0 aliphatic carbocycles. The third-order valence-electron chi connectivity index (χ3n) is 3.79. The van der Waals surface area contributed by atoms with Crippen LogP contribution in [0.1, 0.15) is 20.7 Å².